The second kappa shape index (κ2) is 3.98. The van der Waals surface area contributed by atoms with Crippen molar-refractivity contribution in [1.82, 2.24) is 0 Å². The summed E-state index contributed by atoms with van der Waals surface area (Å²) in [5.41, 5.74) is 2.55. The van der Waals surface area contributed by atoms with Gasteiger partial charge in [0.1, 0.15) is 11.2 Å². The van der Waals surface area contributed by atoms with Crippen molar-refractivity contribution in [2.24, 2.45) is 0 Å². The predicted molar refractivity (Wildman–Crippen MR) is 74.1 cm³/mol. The van der Waals surface area contributed by atoms with Gasteiger partial charge in [-0.1, -0.05) is 32.0 Å². The fourth-order valence-electron chi connectivity index (χ4n) is 2.18. The second-order valence-electron chi connectivity index (χ2n) is 4.84. The van der Waals surface area contributed by atoms with Crippen molar-refractivity contribution in [3.63, 3.8) is 0 Å². The van der Waals surface area contributed by atoms with E-state index in [2.05, 4.69) is 13.8 Å². The van der Waals surface area contributed by atoms with E-state index in [-0.39, 0.29) is 5.43 Å². The number of hydrogen-bond donors (Lipinski definition) is 0. The van der Waals surface area contributed by atoms with Crippen LogP contribution in [-0.2, 0) is 0 Å². The largest absolute Gasteiger partial charge is 0.456 e. The van der Waals surface area contributed by atoms with Gasteiger partial charge in [0.2, 0.25) is 5.43 Å². The lowest BCUT2D eigenvalue weighted by Crippen LogP contribution is -2.02. The van der Waals surface area contributed by atoms with Gasteiger partial charge < -0.3 is 4.42 Å². The van der Waals surface area contributed by atoms with E-state index in [1.165, 1.54) is 5.56 Å². The van der Waals surface area contributed by atoms with E-state index in [4.69, 9.17) is 4.42 Å². The molecule has 0 bridgehead atoms. The minimum atomic E-state index is 0.0437. The van der Waals surface area contributed by atoms with Crippen molar-refractivity contribution < 1.29 is 4.42 Å². The van der Waals surface area contributed by atoms with Gasteiger partial charge in [-0.2, -0.15) is 0 Å². The molecule has 18 heavy (non-hydrogen) atoms. The van der Waals surface area contributed by atoms with Crippen LogP contribution in [0.15, 0.2) is 51.7 Å². The number of rotatable bonds is 1. The summed E-state index contributed by atoms with van der Waals surface area (Å²) >= 11 is 0. The van der Waals surface area contributed by atoms with Crippen molar-refractivity contribution in [3.05, 3.63) is 58.3 Å². The minimum absolute atomic E-state index is 0.0437. The highest BCUT2D eigenvalue weighted by molar-refractivity contribution is 5.89. The van der Waals surface area contributed by atoms with Crippen molar-refractivity contribution in [2.75, 3.05) is 0 Å². The Bertz CT molecular complexity index is 782. The summed E-state index contributed by atoms with van der Waals surface area (Å²) in [4.78, 5) is 12.3. The van der Waals surface area contributed by atoms with Gasteiger partial charge in [0.25, 0.3) is 0 Å². The van der Waals surface area contributed by atoms with E-state index in [0.717, 1.165) is 0 Å². The van der Waals surface area contributed by atoms with E-state index in [1.54, 1.807) is 6.07 Å². The van der Waals surface area contributed by atoms with Crippen LogP contribution < -0.4 is 5.43 Å². The lowest BCUT2D eigenvalue weighted by Gasteiger charge is -2.06. The quantitative estimate of drug-likeness (QED) is 0.598. The van der Waals surface area contributed by atoms with Crippen molar-refractivity contribution in [2.45, 2.75) is 19.8 Å². The van der Waals surface area contributed by atoms with E-state index in [1.807, 2.05) is 36.4 Å². The van der Waals surface area contributed by atoms with Crippen LogP contribution in [0.2, 0.25) is 0 Å². The van der Waals surface area contributed by atoms with Crippen molar-refractivity contribution in [3.8, 4) is 0 Å². The van der Waals surface area contributed by atoms with Gasteiger partial charge in [0, 0.05) is 0 Å². The molecule has 2 aromatic carbocycles. The second-order valence-corrected chi connectivity index (χ2v) is 4.84. The van der Waals surface area contributed by atoms with E-state index in [9.17, 15) is 4.79 Å². The molecule has 0 aliphatic rings. The van der Waals surface area contributed by atoms with Gasteiger partial charge in [0.05, 0.1) is 10.8 Å². The molecule has 0 saturated carbocycles. The summed E-state index contributed by atoms with van der Waals surface area (Å²) < 4.78 is 5.82. The molecule has 2 heteroatoms. The summed E-state index contributed by atoms with van der Waals surface area (Å²) in [6, 6.07) is 13.2. The van der Waals surface area contributed by atoms with Crippen LogP contribution in [0.3, 0.4) is 0 Å². The Labute approximate surface area is 105 Å². The van der Waals surface area contributed by atoms with E-state index < -0.39 is 0 Å². The smallest absolute Gasteiger partial charge is 0.200 e. The molecule has 0 saturated heterocycles. The molecule has 0 fully saturated rings. The average Bonchev–Trinajstić information content (AvgIpc) is 2.38. The predicted octanol–water partition coefficient (Wildman–Crippen LogP) is 4.07. The normalized spacial score (nSPS) is 11.5. The van der Waals surface area contributed by atoms with Gasteiger partial charge in [0.15, 0.2) is 0 Å². The molecule has 2 nitrogen and oxygen atoms in total. The fraction of sp³-hybridized carbons (Fsp3) is 0.188. The molecular formula is C16H14O2. The molecular weight excluding hydrogens is 224 g/mol. The van der Waals surface area contributed by atoms with Crippen LogP contribution in [0.4, 0.5) is 0 Å². The summed E-state index contributed by atoms with van der Waals surface area (Å²) in [7, 11) is 0. The van der Waals surface area contributed by atoms with Crippen LogP contribution in [0.1, 0.15) is 25.3 Å². The fourth-order valence-corrected chi connectivity index (χ4v) is 2.18. The highest BCUT2D eigenvalue weighted by Crippen LogP contribution is 2.22. The third kappa shape index (κ3) is 1.61. The molecule has 3 aromatic rings. The Morgan fingerprint density at radius 1 is 0.944 bits per heavy atom. The molecule has 90 valence electrons. The lowest BCUT2D eigenvalue weighted by atomic mass is 10.0. The molecule has 3 rings (SSSR count). The van der Waals surface area contributed by atoms with E-state index in [0.29, 0.717) is 27.9 Å². The molecule has 0 unspecified atom stereocenters. The number of benzene rings is 2. The molecule has 0 aliphatic heterocycles. The van der Waals surface area contributed by atoms with Gasteiger partial charge >= 0.3 is 0 Å². The molecule has 0 aliphatic carbocycles. The minimum Gasteiger partial charge on any atom is -0.456 e. The first-order valence-corrected chi connectivity index (χ1v) is 6.12. The van der Waals surface area contributed by atoms with Crippen LogP contribution >= 0.6 is 0 Å². The standard InChI is InChI=1S/C16H14O2/c1-10(2)11-7-8-13-15(9-11)18-14-6-4-3-5-12(14)16(13)17/h3-10H,1-2H3. The van der Waals surface area contributed by atoms with Gasteiger partial charge in [-0.05, 0) is 35.7 Å². The third-order valence-corrected chi connectivity index (χ3v) is 3.27. The molecule has 0 atom stereocenters. The summed E-state index contributed by atoms with van der Waals surface area (Å²) in [5.74, 6) is 0.422. The zero-order valence-electron chi connectivity index (χ0n) is 10.4. The lowest BCUT2D eigenvalue weighted by molar-refractivity contribution is 0.658. The van der Waals surface area contributed by atoms with Gasteiger partial charge in [-0.25, -0.2) is 0 Å². The highest BCUT2D eigenvalue weighted by Gasteiger charge is 2.08. The number of para-hydroxylation sites is 1. The monoisotopic (exact) mass is 238 g/mol. The summed E-state index contributed by atoms with van der Waals surface area (Å²) in [6.07, 6.45) is 0. The molecule has 0 amide bonds. The van der Waals surface area contributed by atoms with Crippen LogP contribution in [0.5, 0.6) is 0 Å². The Hall–Kier alpha value is -2.09. The molecule has 1 heterocycles. The van der Waals surface area contributed by atoms with E-state index >= 15 is 0 Å². The Kier molecular flexibility index (Phi) is 2.44. The average molecular weight is 238 g/mol. The zero-order valence-corrected chi connectivity index (χ0v) is 10.4. The Morgan fingerprint density at radius 2 is 1.67 bits per heavy atom. The topological polar surface area (TPSA) is 30.2 Å². The first-order chi connectivity index (χ1) is 8.66. The first kappa shape index (κ1) is 11.0. The van der Waals surface area contributed by atoms with Crippen LogP contribution in [-0.4, -0.2) is 0 Å². The Morgan fingerprint density at radius 3 is 2.44 bits per heavy atom. The molecule has 0 spiro atoms. The van der Waals surface area contributed by atoms with Crippen molar-refractivity contribution in [1.29, 1.82) is 0 Å². The Balaban J connectivity index is 2.44. The van der Waals surface area contributed by atoms with Gasteiger partial charge in [-0.15, -0.1) is 0 Å². The molecule has 0 radical (unpaired) electrons. The summed E-state index contributed by atoms with van der Waals surface area (Å²) in [6.45, 7) is 4.25. The van der Waals surface area contributed by atoms with Crippen molar-refractivity contribution >= 4 is 21.9 Å². The molecule has 1 aromatic heterocycles. The number of hydrogen-bond acceptors (Lipinski definition) is 2. The third-order valence-electron chi connectivity index (χ3n) is 3.27. The maximum Gasteiger partial charge on any atom is 0.200 e. The number of fused-ring (bicyclic) bond motifs is 2. The maximum absolute atomic E-state index is 12.3. The molecule has 0 N–H and O–H groups in total. The summed E-state index contributed by atoms with van der Waals surface area (Å²) in [5, 5.41) is 1.29. The zero-order chi connectivity index (χ0) is 12.7. The van der Waals surface area contributed by atoms with Crippen LogP contribution in [0, 0.1) is 0 Å². The SMILES string of the molecule is CC(C)c1ccc2c(=O)c3ccccc3oc2c1. The first-order valence-electron chi connectivity index (χ1n) is 6.12. The van der Waals surface area contributed by atoms with Gasteiger partial charge in [-0.3, -0.25) is 4.79 Å². The highest BCUT2D eigenvalue weighted by atomic mass is 16.3. The van der Waals surface area contributed by atoms with Crippen LogP contribution in [0.25, 0.3) is 21.9 Å². The maximum atomic E-state index is 12.3.